The van der Waals surface area contributed by atoms with Gasteiger partial charge in [0.05, 0.1) is 29.5 Å². The molecule has 2 atom stereocenters. The van der Waals surface area contributed by atoms with Crippen LogP contribution in [0.2, 0.25) is 0 Å². The molecule has 0 saturated carbocycles. The van der Waals surface area contributed by atoms with Crippen LogP contribution in [0.5, 0.6) is 0 Å². The Kier molecular flexibility index (Phi) is 7.55. The van der Waals surface area contributed by atoms with E-state index in [4.69, 9.17) is 13.4 Å². The maximum absolute atomic E-state index is 14.1. The van der Waals surface area contributed by atoms with Gasteiger partial charge in [-0.25, -0.2) is 9.59 Å². The number of ether oxygens (including phenoxy) is 1. The molecule has 9 nitrogen and oxygen atoms in total. The average Bonchev–Trinajstić information content (AvgIpc) is 3.16. The molecule has 2 aromatic rings. The first-order chi connectivity index (χ1) is 15.8. The molecule has 0 radical (unpaired) electrons. The van der Waals surface area contributed by atoms with Crippen molar-refractivity contribution in [2.24, 2.45) is 0 Å². The van der Waals surface area contributed by atoms with Gasteiger partial charge in [0, 0.05) is 6.42 Å². The summed E-state index contributed by atoms with van der Waals surface area (Å²) >= 11 is 0. The van der Waals surface area contributed by atoms with Crippen molar-refractivity contribution in [2.75, 3.05) is 12.8 Å². The molecule has 0 bridgehead atoms. The van der Waals surface area contributed by atoms with Gasteiger partial charge >= 0.3 is 19.4 Å². The number of carbonyl (C=O) groups excluding carboxylic acids is 2. The smallest absolute Gasteiger partial charge is 0.411 e. The fourth-order valence-electron chi connectivity index (χ4n) is 3.55. The molecule has 0 spiro atoms. The van der Waals surface area contributed by atoms with Crippen molar-refractivity contribution in [1.82, 2.24) is 4.90 Å². The van der Waals surface area contributed by atoms with Crippen LogP contribution >= 0.6 is 7.37 Å². The zero-order chi connectivity index (χ0) is 25.1. The van der Waals surface area contributed by atoms with Gasteiger partial charge < -0.3 is 9.26 Å². The summed E-state index contributed by atoms with van der Waals surface area (Å²) < 4.78 is 53.5. The Morgan fingerprint density at radius 1 is 0.971 bits per heavy atom. The second-order valence-corrected chi connectivity index (χ2v) is 12.9. The predicted molar refractivity (Wildman–Crippen MR) is 127 cm³/mol. The molecular formula is C23H28NO8PS. The van der Waals surface area contributed by atoms with E-state index in [9.17, 15) is 22.6 Å². The quantitative estimate of drug-likeness (QED) is 0.431. The maximum atomic E-state index is 14.1. The highest BCUT2D eigenvalue weighted by atomic mass is 32.2. The summed E-state index contributed by atoms with van der Waals surface area (Å²) in [7, 11) is -7.73. The van der Waals surface area contributed by atoms with Crippen molar-refractivity contribution in [3.8, 4) is 0 Å². The molecule has 3 rings (SSSR count). The summed E-state index contributed by atoms with van der Waals surface area (Å²) in [6.07, 6.45) is -1.08. The van der Waals surface area contributed by atoms with Gasteiger partial charge in [-0.05, 0) is 45.0 Å². The van der Waals surface area contributed by atoms with E-state index >= 15 is 0 Å². The summed E-state index contributed by atoms with van der Waals surface area (Å²) in [5.74, 6) is -0.943. The molecule has 1 aliphatic heterocycles. The Bertz CT molecular complexity index is 1130. The van der Waals surface area contributed by atoms with Crippen LogP contribution in [0.4, 0.5) is 4.79 Å². The first-order valence-corrected chi connectivity index (χ1v) is 14.1. The summed E-state index contributed by atoms with van der Waals surface area (Å²) in [5.41, 5.74) is -0.856. The number of hydrogen-bond donors (Lipinski definition) is 0. The lowest BCUT2D eigenvalue weighted by Crippen LogP contribution is -2.44. The topological polar surface area (TPSA) is 116 Å². The minimum absolute atomic E-state index is 0.158. The third-order valence-corrected chi connectivity index (χ3v) is 7.90. The molecule has 0 aliphatic carbocycles. The van der Waals surface area contributed by atoms with E-state index in [1.54, 1.807) is 81.4 Å². The highest BCUT2D eigenvalue weighted by molar-refractivity contribution is 7.86. The highest BCUT2D eigenvalue weighted by Crippen LogP contribution is 2.45. The SMILES string of the molecule is CC(C)(C)OC(=O)N1C[C@H](OS(C)(=O)=O)C[C@H]1C(=O)OP(=O)(c1ccccc1)c1ccccc1. The van der Waals surface area contributed by atoms with Crippen LogP contribution in [0.15, 0.2) is 60.7 Å². The Labute approximate surface area is 199 Å². The normalized spacial score (nSPS) is 19.0. The molecule has 0 N–H and O–H groups in total. The van der Waals surface area contributed by atoms with Gasteiger partial charge in [-0.1, -0.05) is 36.4 Å². The van der Waals surface area contributed by atoms with Crippen molar-refractivity contribution in [1.29, 1.82) is 0 Å². The molecule has 34 heavy (non-hydrogen) atoms. The summed E-state index contributed by atoms with van der Waals surface area (Å²) in [4.78, 5) is 27.2. The third-order valence-electron chi connectivity index (χ3n) is 4.88. The molecule has 1 fully saturated rings. The fourth-order valence-corrected chi connectivity index (χ4v) is 6.20. The summed E-state index contributed by atoms with van der Waals surface area (Å²) in [6, 6.07) is 15.3. The molecule has 1 amide bonds. The van der Waals surface area contributed by atoms with Crippen LogP contribution in [0.25, 0.3) is 0 Å². The van der Waals surface area contributed by atoms with Crippen LogP contribution in [-0.2, 0) is 32.9 Å². The average molecular weight is 510 g/mol. The maximum Gasteiger partial charge on any atom is 0.411 e. The lowest BCUT2D eigenvalue weighted by atomic mass is 10.2. The Morgan fingerprint density at radius 2 is 1.47 bits per heavy atom. The first-order valence-electron chi connectivity index (χ1n) is 10.6. The molecule has 184 valence electrons. The lowest BCUT2D eigenvalue weighted by Gasteiger charge is -2.28. The molecular weight excluding hydrogens is 481 g/mol. The van der Waals surface area contributed by atoms with Gasteiger partial charge in [0.2, 0.25) is 0 Å². The molecule has 0 aromatic heterocycles. The van der Waals surface area contributed by atoms with Crippen LogP contribution < -0.4 is 10.6 Å². The number of likely N-dealkylation sites (tertiary alicyclic amines) is 1. The first kappa shape index (κ1) is 25.9. The van der Waals surface area contributed by atoms with Gasteiger partial charge in [0.25, 0.3) is 10.1 Å². The van der Waals surface area contributed by atoms with E-state index in [0.29, 0.717) is 10.6 Å². The van der Waals surface area contributed by atoms with E-state index < -0.39 is 47.3 Å². The van der Waals surface area contributed by atoms with Crippen LogP contribution in [-0.4, -0.2) is 55.9 Å². The van der Waals surface area contributed by atoms with Crippen molar-refractivity contribution in [2.45, 2.75) is 44.9 Å². The van der Waals surface area contributed by atoms with E-state index in [1.165, 1.54) is 0 Å². The third kappa shape index (κ3) is 6.46. The molecule has 2 aromatic carbocycles. The standard InChI is InChI=1S/C23H28NO8PS/c1-23(2,3)30-22(26)24-16-17(32-34(4,28)29)15-20(24)21(25)31-33(27,18-11-7-5-8-12-18)19-13-9-6-10-14-19/h5-14,17,20H,15-16H2,1-4H3/t17-,20+/m1/s1. The van der Waals surface area contributed by atoms with E-state index in [-0.39, 0.29) is 13.0 Å². The van der Waals surface area contributed by atoms with Crippen LogP contribution in [0.3, 0.4) is 0 Å². The van der Waals surface area contributed by atoms with Gasteiger partial charge in [-0.2, -0.15) is 8.42 Å². The van der Waals surface area contributed by atoms with Gasteiger partial charge in [-0.15, -0.1) is 0 Å². The largest absolute Gasteiger partial charge is 0.444 e. The van der Waals surface area contributed by atoms with Crippen LogP contribution in [0.1, 0.15) is 27.2 Å². The molecule has 0 unspecified atom stereocenters. The molecule has 1 saturated heterocycles. The molecule has 11 heteroatoms. The zero-order valence-corrected chi connectivity index (χ0v) is 21.1. The van der Waals surface area contributed by atoms with Crippen molar-refractivity contribution < 1.29 is 36.0 Å². The number of carbonyl (C=O) groups is 2. The van der Waals surface area contributed by atoms with E-state index in [0.717, 1.165) is 11.2 Å². The number of benzene rings is 2. The second kappa shape index (κ2) is 9.90. The Balaban J connectivity index is 1.94. The zero-order valence-electron chi connectivity index (χ0n) is 19.4. The number of amides is 1. The molecule has 1 heterocycles. The van der Waals surface area contributed by atoms with Gasteiger partial charge in [0.15, 0.2) is 0 Å². The van der Waals surface area contributed by atoms with Gasteiger partial charge in [0.1, 0.15) is 11.6 Å². The van der Waals surface area contributed by atoms with Gasteiger partial charge in [-0.3, -0.25) is 13.6 Å². The van der Waals surface area contributed by atoms with Crippen molar-refractivity contribution in [3.05, 3.63) is 60.7 Å². The van der Waals surface area contributed by atoms with Crippen molar-refractivity contribution in [3.63, 3.8) is 0 Å². The second-order valence-electron chi connectivity index (χ2n) is 8.94. The number of hydrogen-bond acceptors (Lipinski definition) is 8. The van der Waals surface area contributed by atoms with Crippen LogP contribution in [0, 0.1) is 0 Å². The minimum atomic E-state index is -3.88. The Hall–Kier alpha value is -2.68. The number of rotatable bonds is 6. The van der Waals surface area contributed by atoms with E-state index in [1.807, 2.05) is 0 Å². The minimum Gasteiger partial charge on any atom is -0.444 e. The van der Waals surface area contributed by atoms with Crippen molar-refractivity contribution >= 4 is 40.2 Å². The summed E-state index contributed by atoms with van der Waals surface area (Å²) in [5, 5.41) is 0.612. The number of nitrogens with zero attached hydrogens (tertiary/aromatic N) is 1. The Morgan fingerprint density at radius 3 is 1.91 bits per heavy atom. The summed E-state index contributed by atoms with van der Waals surface area (Å²) in [6.45, 7) is 4.79. The predicted octanol–water partition coefficient (Wildman–Crippen LogP) is 2.81. The fraction of sp³-hybridized carbons (Fsp3) is 0.391. The monoisotopic (exact) mass is 509 g/mol. The highest BCUT2D eigenvalue weighted by Gasteiger charge is 2.46. The molecule has 1 aliphatic rings. The van der Waals surface area contributed by atoms with E-state index in [2.05, 4.69) is 0 Å². The lowest BCUT2D eigenvalue weighted by molar-refractivity contribution is -0.138.